The minimum Gasteiger partial charge on any atom is -0.480 e. The van der Waals surface area contributed by atoms with Crippen LogP contribution in [-0.4, -0.2) is 58.6 Å². The van der Waals surface area contributed by atoms with Crippen molar-refractivity contribution < 1.29 is 9.90 Å². The number of likely N-dealkylation sites (tertiary alicyclic amines) is 1. The number of aromatic nitrogens is 1. The number of carboxylic acids is 1. The van der Waals surface area contributed by atoms with Gasteiger partial charge < -0.3 is 5.11 Å². The van der Waals surface area contributed by atoms with Gasteiger partial charge in [0.05, 0.1) is 12.2 Å². The number of aryl methyl sites for hydroxylation is 1. The molecule has 1 saturated heterocycles. The molecule has 0 radical (unpaired) electrons. The van der Waals surface area contributed by atoms with Crippen molar-refractivity contribution in [3.05, 3.63) is 40.9 Å². The van der Waals surface area contributed by atoms with Crippen LogP contribution in [0.3, 0.4) is 0 Å². The highest BCUT2D eigenvalue weighted by molar-refractivity contribution is 7.13. The Labute approximate surface area is 165 Å². The highest BCUT2D eigenvalue weighted by Gasteiger charge is 2.22. The van der Waals surface area contributed by atoms with Crippen LogP contribution in [0, 0.1) is 0 Å². The van der Waals surface area contributed by atoms with Gasteiger partial charge in [0.2, 0.25) is 0 Å². The summed E-state index contributed by atoms with van der Waals surface area (Å²) in [6, 6.07) is 9.04. The van der Waals surface area contributed by atoms with E-state index in [0.717, 1.165) is 56.0 Å². The molecule has 3 rings (SSSR count). The van der Waals surface area contributed by atoms with Crippen LogP contribution in [0.5, 0.6) is 0 Å². The predicted octanol–water partition coefficient (Wildman–Crippen LogP) is 3.74. The number of carboxylic acid groups (broad SMARTS) is 1. The zero-order valence-electron chi connectivity index (χ0n) is 16.2. The van der Waals surface area contributed by atoms with Crippen LogP contribution < -0.4 is 0 Å². The zero-order chi connectivity index (χ0) is 19.2. The first-order chi connectivity index (χ1) is 13.0. The average Bonchev–Trinajstić information content (AvgIpc) is 2.99. The van der Waals surface area contributed by atoms with Crippen molar-refractivity contribution in [3.63, 3.8) is 0 Å². The van der Waals surface area contributed by atoms with Gasteiger partial charge in [0.25, 0.3) is 0 Å². The van der Waals surface area contributed by atoms with E-state index in [0.29, 0.717) is 6.04 Å². The first-order valence-electron chi connectivity index (χ1n) is 9.73. The second kappa shape index (κ2) is 9.44. The third kappa shape index (κ3) is 5.61. The summed E-state index contributed by atoms with van der Waals surface area (Å²) in [5.41, 5.74) is 3.67. The van der Waals surface area contributed by atoms with Gasteiger partial charge in [-0.05, 0) is 44.8 Å². The molecule has 0 saturated carbocycles. The van der Waals surface area contributed by atoms with E-state index in [2.05, 4.69) is 41.5 Å². The summed E-state index contributed by atoms with van der Waals surface area (Å²) in [6.45, 7) is 5.21. The van der Waals surface area contributed by atoms with E-state index < -0.39 is 5.97 Å². The van der Waals surface area contributed by atoms with E-state index >= 15 is 0 Å². The second-order valence-corrected chi connectivity index (χ2v) is 8.22. The molecular weight excluding hydrogens is 358 g/mol. The molecule has 0 aliphatic carbocycles. The highest BCUT2D eigenvalue weighted by Crippen LogP contribution is 2.25. The molecule has 1 aromatic carbocycles. The molecule has 0 spiro atoms. The Hall–Kier alpha value is -1.76. The average molecular weight is 388 g/mol. The van der Waals surface area contributed by atoms with Crippen LogP contribution in [0.1, 0.15) is 37.4 Å². The maximum Gasteiger partial charge on any atom is 0.317 e. The number of carbonyl (C=O) groups is 1. The maximum absolute atomic E-state index is 10.9. The fourth-order valence-electron chi connectivity index (χ4n) is 3.70. The van der Waals surface area contributed by atoms with E-state index in [1.54, 1.807) is 11.3 Å². The Morgan fingerprint density at radius 1 is 1.30 bits per heavy atom. The quantitative estimate of drug-likeness (QED) is 0.784. The molecule has 1 aliphatic rings. The highest BCUT2D eigenvalue weighted by atomic mass is 32.1. The number of nitrogens with zero attached hydrogens (tertiary/aromatic N) is 3. The lowest BCUT2D eigenvalue weighted by atomic mass is 10.1. The van der Waals surface area contributed by atoms with Crippen LogP contribution in [0.25, 0.3) is 10.6 Å². The van der Waals surface area contributed by atoms with Crippen LogP contribution in [0.15, 0.2) is 29.6 Å². The van der Waals surface area contributed by atoms with Gasteiger partial charge in [-0.25, -0.2) is 4.98 Å². The molecule has 1 N–H and O–H groups in total. The van der Waals surface area contributed by atoms with E-state index in [1.807, 2.05) is 11.9 Å². The third-order valence-corrected chi connectivity index (χ3v) is 6.28. The van der Waals surface area contributed by atoms with Crippen molar-refractivity contribution in [1.82, 2.24) is 14.8 Å². The van der Waals surface area contributed by atoms with Crippen molar-refractivity contribution in [1.29, 1.82) is 0 Å². The molecular formula is C21H29N3O2S. The smallest absolute Gasteiger partial charge is 0.317 e. The number of thiazole rings is 1. The van der Waals surface area contributed by atoms with Gasteiger partial charge in [0, 0.05) is 30.1 Å². The molecule has 2 aromatic rings. The molecule has 1 fully saturated rings. The lowest BCUT2D eigenvalue weighted by molar-refractivity contribution is -0.138. The minimum atomic E-state index is -0.749. The Morgan fingerprint density at radius 3 is 2.78 bits per heavy atom. The van der Waals surface area contributed by atoms with E-state index in [1.165, 1.54) is 11.1 Å². The Balaban J connectivity index is 1.56. The summed E-state index contributed by atoms with van der Waals surface area (Å²) < 4.78 is 0. The van der Waals surface area contributed by atoms with Crippen LogP contribution in [-0.2, 0) is 17.8 Å². The van der Waals surface area contributed by atoms with Gasteiger partial charge in [0.1, 0.15) is 5.01 Å². The monoisotopic (exact) mass is 387 g/mol. The Bertz CT molecular complexity index is 744. The number of rotatable bonds is 7. The largest absolute Gasteiger partial charge is 0.480 e. The number of likely N-dealkylation sites (N-methyl/N-ethyl adjacent to an activating group) is 1. The van der Waals surface area contributed by atoms with E-state index in [-0.39, 0.29) is 6.54 Å². The molecule has 1 unspecified atom stereocenters. The molecule has 1 aliphatic heterocycles. The zero-order valence-corrected chi connectivity index (χ0v) is 17.0. The normalized spacial score (nSPS) is 18.6. The Morgan fingerprint density at radius 2 is 2.07 bits per heavy atom. The number of aliphatic carboxylic acids is 1. The lowest BCUT2D eigenvalue weighted by Gasteiger charge is -2.25. The first kappa shape index (κ1) is 20.0. The maximum atomic E-state index is 10.9. The molecule has 1 aromatic heterocycles. The summed E-state index contributed by atoms with van der Waals surface area (Å²) in [4.78, 5) is 20.2. The molecule has 0 bridgehead atoms. The summed E-state index contributed by atoms with van der Waals surface area (Å²) in [6.07, 6.45) is 4.23. The third-order valence-electron chi connectivity index (χ3n) is 5.34. The van der Waals surface area contributed by atoms with Gasteiger partial charge in [-0.15, -0.1) is 11.3 Å². The summed E-state index contributed by atoms with van der Waals surface area (Å²) in [5.74, 6) is -0.749. The fourth-order valence-corrected chi connectivity index (χ4v) is 4.52. The molecule has 1 atom stereocenters. The molecule has 5 nitrogen and oxygen atoms in total. The second-order valence-electron chi connectivity index (χ2n) is 7.36. The van der Waals surface area contributed by atoms with Gasteiger partial charge >= 0.3 is 5.97 Å². The van der Waals surface area contributed by atoms with Crippen molar-refractivity contribution in [3.8, 4) is 10.6 Å². The fraction of sp³-hybridized carbons (Fsp3) is 0.524. The molecule has 27 heavy (non-hydrogen) atoms. The van der Waals surface area contributed by atoms with Crippen molar-refractivity contribution >= 4 is 17.3 Å². The Kier molecular flexibility index (Phi) is 6.99. The minimum absolute atomic E-state index is 0.122. The van der Waals surface area contributed by atoms with Crippen molar-refractivity contribution in [2.75, 3.05) is 26.7 Å². The molecule has 146 valence electrons. The first-order valence-corrected chi connectivity index (χ1v) is 10.6. The standard InChI is InChI=1S/C21H29N3O2S/c1-3-16-6-8-17(9-7-16)21-22-18(15-27-21)13-24-11-4-5-19(10-12-24)23(2)14-20(25)26/h6-9,15,19H,3-5,10-14H2,1-2H3,(H,25,26). The van der Waals surface area contributed by atoms with Crippen LogP contribution >= 0.6 is 11.3 Å². The summed E-state index contributed by atoms with van der Waals surface area (Å²) in [7, 11) is 1.92. The molecule has 2 heterocycles. The van der Waals surface area contributed by atoms with Gasteiger partial charge in [-0.3, -0.25) is 14.6 Å². The van der Waals surface area contributed by atoms with Crippen LogP contribution in [0.4, 0.5) is 0 Å². The predicted molar refractivity (Wildman–Crippen MR) is 110 cm³/mol. The van der Waals surface area contributed by atoms with E-state index in [4.69, 9.17) is 10.1 Å². The number of hydrogen-bond donors (Lipinski definition) is 1. The SMILES string of the molecule is CCc1ccc(-c2nc(CN3CCCC(N(C)CC(=O)O)CC3)cs2)cc1. The van der Waals surface area contributed by atoms with Gasteiger partial charge in [-0.1, -0.05) is 31.2 Å². The molecule has 0 amide bonds. The van der Waals surface area contributed by atoms with Crippen molar-refractivity contribution in [2.24, 2.45) is 0 Å². The summed E-state index contributed by atoms with van der Waals surface area (Å²) in [5, 5.41) is 12.3. The topological polar surface area (TPSA) is 56.7 Å². The number of hydrogen-bond acceptors (Lipinski definition) is 5. The van der Waals surface area contributed by atoms with Gasteiger partial charge in [-0.2, -0.15) is 0 Å². The lowest BCUT2D eigenvalue weighted by Crippen LogP contribution is -2.36. The summed E-state index contributed by atoms with van der Waals surface area (Å²) >= 11 is 1.71. The van der Waals surface area contributed by atoms with Crippen molar-refractivity contribution in [2.45, 2.75) is 45.2 Å². The molecule has 6 heteroatoms. The van der Waals surface area contributed by atoms with Crippen LogP contribution in [0.2, 0.25) is 0 Å². The van der Waals surface area contributed by atoms with E-state index in [9.17, 15) is 4.79 Å². The van der Waals surface area contributed by atoms with Gasteiger partial charge in [0.15, 0.2) is 0 Å². The number of benzene rings is 1.